The lowest BCUT2D eigenvalue weighted by atomic mass is 9.99. The maximum Gasteiger partial charge on any atom is 0.221 e. The number of nitrogens with zero attached hydrogens (tertiary/aromatic N) is 2. The standard InChI is InChI=1S/C24H19N3O2.C22H19N3O/c1-16(28)25-20-9-5-8-18(14-20)24(29)19-11-12-21-22(26-27-23(21)15-19)13-10-17-6-3-2-4-7-17;23-18-8-4-7-16(13-18)22(26)17-10-11-19-20(24-25-21(19)14-17)12-9-15-5-2-1-3-6-15/h2-15H,1H3,(H,25,28)(H,26,27);1-14,22,26H,23H2,(H,24,25)/b13-10+;12-9+. The number of aliphatic hydroxyl groups excluding tert-OH is 1. The fourth-order valence-corrected chi connectivity index (χ4v) is 6.17. The molecule has 8 rings (SSSR count). The van der Waals surface area contributed by atoms with Crippen LogP contribution in [-0.4, -0.2) is 37.2 Å². The number of nitrogens with two attached hydrogens (primary N) is 1. The van der Waals surface area contributed by atoms with Crippen molar-refractivity contribution in [1.29, 1.82) is 0 Å². The third-order valence-corrected chi connectivity index (χ3v) is 8.92. The van der Waals surface area contributed by atoms with Crippen molar-refractivity contribution in [3.63, 3.8) is 0 Å². The normalized spacial score (nSPS) is 11.8. The molecule has 6 aromatic carbocycles. The molecule has 8 aromatic rings. The Kier molecular flexibility index (Phi) is 10.8. The molecule has 0 aliphatic rings. The monoisotopic (exact) mass is 722 g/mol. The van der Waals surface area contributed by atoms with Gasteiger partial charge >= 0.3 is 0 Å². The minimum atomic E-state index is -0.727. The number of benzene rings is 6. The Labute approximate surface area is 317 Å². The van der Waals surface area contributed by atoms with Gasteiger partial charge in [0.2, 0.25) is 5.91 Å². The zero-order valence-corrected chi connectivity index (χ0v) is 30.0. The van der Waals surface area contributed by atoms with Gasteiger partial charge in [0.25, 0.3) is 0 Å². The minimum Gasteiger partial charge on any atom is -0.399 e. The molecule has 0 fully saturated rings. The molecule has 55 heavy (non-hydrogen) atoms. The first-order chi connectivity index (χ1) is 26.8. The van der Waals surface area contributed by atoms with Crippen molar-refractivity contribution in [1.82, 2.24) is 20.4 Å². The molecule has 2 aromatic heterocycles. The Balaban J connectivity index is 0.000000170. The van der Waals surface area contributed by atoms with Gasteiger partial charge in [-0.05, 0) is 76.9 Å². The Morgan fingerprint density at radius 1 is 0.618 bits per heavy atom. The molecule has 9 nitrogen and oxygen atoms in total. The molecule has 1 unspecified atom stereocenters. The van der Waals surface area contributed by atoms with E-state index in [1.54, 1.807) is 48.5 Å². The van der Waals surface area contributed by atoms with Gasteiger partial charge in [-0.2, -0.15) is 10.2 Å². The first-order valence-electron chi connectivity index (χ1n) is 17.7. The van der Waals surface area contributed by atoms with Gasteiger partial charge in [-0.15, -0.1) is 0 Å². The number of fused-ring (bicyclic) bond motifs is 2. The van der Waals surface area contributed by atoms with E-state index < -0.39 is 6.10 Å². The van der Waals surface area contributed by atoms with Crippen molar-refractivity contribution in [2.45, 2.75) is 13.0 Å². The lowest BCUT2D eigenvalue weighted by molar-refractivity contribution is -0.114. The summed E-state index contributed by atoms with van der Waals surface area (Å²) in [5.74, 6) is -0.292. The SMILES string of the molecule is CC(=O)Nc1cccc(C(=O)c2ccc3c(/C=C/c4ccccc4)n[nH]c3c2)c1.Nc1cccc(C(O)c2ccc3c(/C=C/c4ccccc4)n[nH]c3c2)c1. The Hall–Kier alpha value is -7.36. The van der Waals surface area contributed by atoms with Gasteiger partial charge in [0.05, 0.1) is 22.4 Å². The number of H-pyrrole nitrogens is 2. The van der Waals surface area contributed by atoms with E-state index in [-0.39, 0.29) is 11.7 Å². The van der Waals surface area contributed by atoms with Crippen molar-refractivity contribution in [3.8, 4) is 0 Å². The fourth-order valence-electron chi connectivity index (χ4n) is 6.17. The van der Waals surface area contributed by atoms with Gasteiger partial charge < -0.3 is 16.2 Å². The van der Waals surface area contributed by atoms with Gasteiger partial charge in [0.1, 0.15) is 6.10 Å². The number of aliphatic hydroxyl groups is 1. The number of ketones is 1. The summed E-state index contributed by atoms with van der Waals surface area (Å²) in [6.45, 7) is 1.44. The van der Waals surface area contributed by atoms with Crippen molar-refractivity contribution < 1.29 is 14.7 Å². The molecule has 1 amide bonds. The Morgan fingerprint density at radius 2 is 1.18 bits per heavy atom. The predicted molar refractivity (Wildman–Crippen MR) is 222 cm³/mol. The first kappa shape index (κ1) is 36.0. The summed E-state index contributed by atoms with van der Waals surface area (Å²) in [5.41, 5.74) is 15.3. The molecule has 0 saturated carbocycles. The van der Waals surface area contributed by atoms with Crippen LogP contribution in [-0.2, 0) is 4.79 Å². The summed E-state index contributed by atoms with van der Waals surface area (Å²) in [6.07, 6.45) is 7.25. The Morgan fingerprint density at radius 3 is 1.80 bits per heavy atom. The quantitative estimate of drug-likeness (QED) is 0.0740. The highest BCUT2D eigenvalue weighted by molar-refractivity contribution is 6.11. The van der Waals surface area contributed by atoms with Crippen LogP contribution in [0.3, 0.4) is 0 Å². The van der Waals surface area contributed by atoms with Gasteiger partial charge in [0, 0.05) is 40.2 Å². The highest BCUT2D eigenvalue weighted by Gasteiger charge is 2.14. The van der Waals surface area contributed by atoms with Crippen LogP contribution in [0, 0.1) is 0 Å². The molecular weight excluding hydrogens is 685 g/mol. The topological polar surface area (TPSA) is 150 Å². The highest BCUT2D eigenvalue weighted by Crippen LogP contribution is 2.28. The number of aromatic amines is 2. The molecular formula is C46H38N6O3. The average molecular weight is 723 g/mol. The van der Waals surface area contributed by atoms with E-state index in [0.717, 1.165) is 55.4 Å². The largest absolute Gasteiger partial charge is 0.399 e. The lowest BCUT2D eigenvalue weighted by Crippen LogP contribution is -2.07. The molecule has 6 N–H and O–H groups in total. The van der Waals surface area contributed by atoms with Crippen LogP contribution in [0.1, 0.15) is 62.6 Å². The number of carbonyl (C=O) groups excluding carboxylic acids is 2. The summed E-state index contributed by atoms with van der Waals surface area (Å²) in [7, 11) is 0. The van der Waals surface area contributed by atoms with Crippen molar-refractivity contribution in [2.75, 3.05) is 11.1 Å². The van der Waals surface area contributed by atoms with Crippen LogP contribution in [0.15, 0.2) is 146 Å². The average Bonchev–Trinajstić information content (AvgIpc) is 3.82. The number of hydrogen-bond acceptors (Lipinski definition) is 6. The van der Waals surface area contributed by atoms with Crippen molar-refractivity contribution >= 4 is 69.2 Å². The molecule has 0 aliphatic carbocycles. The molecule has 0 aliphatic heterocycles. The molecule has 0 saturated heterocycles. The van der Waals surface area contributed by atoms with Crippen LogP contribution < -0.4 is 11.1 Å². The number of nitrogen functional groups attached to an aromatic ring is 1. The van der Waals surface area contributed by atoms with Crippen LogP contribution >= 0.6 is 0 Å². The number of nitrogens with one attached hydrogen (secondary N) is 3. The van der Waals surface area contributed by atoms with Crippen LogP contribution in [0.2, 0.25) is 0 Å². The van der Waals surface area contributed by atoms with Crippen LogP contribution in [0.5, 0.6) is 0 Å². The fraction of sp³-hybridized carbons (Fsp3) is 0.0435. The molecule has 9 heteroatoms. The van der Waals surface area contributed by atoms with Gasteiger partial charge in [-0.1, -0.05) is 115 Å². The number of aromatic nitrogens is 4. The maximum absolute atomic E-state index is 12.9. The lowest BCUT2D eigenvalue weighted by Gasteiger charge is -2.12. The van der Waals surface area contributed by atoms with Gasteiger partial charge in [-0.25, -0.2) is 0 Å². The molecule has 1 atom stereocenters. The second-order valence-corrected chi connectivity index (χ2v) is 12.9. The van der Waals surface area contributed by atoms with E-state index in [1.807, 2.05) is 121 Å². The summed E-state index contributed by atoms with van der Waals surface area (Å²) in [4.78, 5) is 24.1. The highest BCUT2D eigenvalue weighted by atomic mass is 16.3. The number of amides is 1. The zero-order valence-electron chi connectivity index (χ0n) is 30.0. The molecule has 0 spiro atoms. The molecule has 270 valence electrons. The number of anilines is 2. The second-order valence-electron chi connectivity index (χ2n) is 12.9. The number of carbonyl (C=O) groups is 2. The third kappa shape index (κ3) is 8.82. The molecule has 0 bridgehead atoms. The first-order valence-corrected chi connectivity index (χ1v) is 17.7. The van der Waals surface area contributed by atoms with E-state index in [1.165, 1.54) is 6.92 Å². The summed E-state index contributed by atoms with van der Waals surface area (Å²) in [5, 5.41) is 30.1. The zero-order chi connectivity index (χ0) is 38.1. The van der Waals surface area contributed by atoms with Crippen LogP contribution in [0.25, 0.3) is 46.1 Å². The van der Waals surface area contributed by atoms with Crippen molar-refractivity contribution in [3.05, 3.63) is 190 Å². The maximum atomic E-state index is 12.9. The van der Waals surface area contributed by atoms with E-state index in [9.17, 15) is 14.7 Å². The predicted octanol–water partition coefficient (Wildman–Crippen LogP) is 9.32. The van der Waals surface area contributed by atoms with E-state index >= 15 is 0 Å². The summed E-state index contributed by atoms with van der Waals surface area (Å²) >= 11 is 0. The van der Waals surface area contributed by atoms with Crippen LogP contribution in [0.4, 0.5) is 11.4 Å². The number of rotatable bonds is 9. The smallest absolute Gasteiger partial charge is 0.221 e. The van der Waals surface area contributed by atoms with E-state index in [0.29, 0.717) is 22.5 Å². The molecule has 0 radical (unpaired) electrons. The summed E-state index contributed by atoms with van der Waals surface area (Å²) < 4.78 is 0. The Bertz CT molecular complexity index is 2660. The minimum absolute atomic E-state index is 0.116. The number of hydrogen-bond donors (Lipinski definition) is 5. The van der Waals surface area contributed by atoms with E-state index in [4.69, 9.17) is 5.73 Å². The van der Waals surface area contributed by atoms with E-state index in [2.05, 4.69) is 25.7 Å². The second kappa shape index (κ2) is 16.5. The summed E-state index contributed by atoms with van der Waals surface area (Å²) in [6, 6.07) is 45.6. The van der Waals surface area contributed by atoms with Gasteiger partial charge in [0.15, 0.2) is 5.78 Å². The third-order valence-electron chi connectivity index (χ3n) is 8.92. The van der Waals surface area contributed by atoms with Gasteiger partial charge in [-0.3, -0.25) is 19.8 Å². The molecule has 2 heterocycles. The van der Waals surface area contributed by atoms with Crippen molar-refractivity contribution in [2.24, 2.45) is 0 Å².